The van der Waals surface area contributed by atoms with Crippen molar-refractivity contribution in [3.63, 3.8) is 0 Å². The van der Waals surface area contributed by atoms with Crippen LogP contribution >= 0.6 is 23.1 Å². The van der Waals surface area contributed by atoms with E-state index in [2.05, 4.69) is 40.2 Å². The molecule has 168 valence electrons. The summed E-state index contributed by atoms with van der Waals surface area (Å²) >= 11 is 2.01. The van der Waals surface area contributed by atoms with Crippen LogP contribution in [-0.4, -0.2) is 39.7 Å². The molecule has 4 rings (SSSR count). The number of hydrogen-bond acceptors (Lipinski definition) is 10. The second-order valence-corrected chi connectivity index (χ2v) is 12.0. The van der Waals surface area contributed by atoms with E-state index in [1.54, 1.807) is 17.9 Å². The molecule has 1 saturated heterocycles. The topological polar surface area (TPSA) is 121 Å². The van der Waals surface area contributed by atoms with Crippen molar-refractivity contribution in [2.75, 3.05) is 23.7 Å². The number of aromatic nitrogens is 2. The van der Waals surface area contributed by atoms with Gasteiger partial charge >= 0.3 is 0 Å². The SMILES string of the molecule is CC(C)(C)[C@@H](Nc1nsnc1Nc1csc(S(=O)(=O)N2CCCC2)c1O)c1ccoc1. The summed E-state index contributed by atoms with van der Waals surface area (Å²) in [6.07, 6.45) is 4.99. The summed E-state index contributed by atoms with van der Waals surface area (Å²) in [6.45, 7) is 7.27. The maximum absolute atomic E-state index is 12.8. The molecular weight excluding hydrogens is 458 g/mol. The minimum Gasteiger partial charge on any atom is -0.504 e. The fraction of sp³-hybridized carbons (Fsp3) is 0.474. The van der Waals surface area contributed by atoms with Crippen molar-refractivity contribution in [2.45, 2.75) is 43.9 Å². The zero-order chi connectivity index (χ0) is 22.2. The molecule has 1 aliphatic heterocycles. The van der Waals surface area contributed by atoms with Crippen LogP contribution in [0.5, 0.6) is 5.75 Å². The fourth-order valence-electron chi connectivity index (χ4n) is 3.52. The van der Waals surface area contributed by atoms with Crippen LogP contribution < -0.4 is 10.6 Å². The van der Waals surface area contributed by atoms with Crippen LogP contribution in [0.15, 0.2) is 32.6 Å². The molecule has 0 amide bonds. The normalized spacial score (nSPS) is 16.5. The zero-order valence-corrected chi connectivity index (χ0v) is 19.9. The quantitative estimate of drug-likeness (QED) is 0.445. The van der Waals surface area contributed by atoms with Crippen molar-refractivity contribution in [1.29, 1.82) is 0 Å². The molecular formula is C19H25N5O4S3. The summed E-state index contributed by atoms with van der Waals surface area (Å²) in [5, 5.41) is 18.7. The predicted molar refractivity (Wildman–Crippen MR) is 122 cm³/mol. The highest BCUT2D eigenvalue weighted by molar-refractivity contribution is 7.91. The Morgan fingerprint density at radius 3 is 2.58 bits per heavy atom. The van der Waals surface area contributed by atoms with Crippen LogP contribution in [0.1, 0.15) is 45.2 Å². The Balaban J connectivity index is 1.57. The molecule has 0 aromatic carbocycles. The van der Waals surface area contributed by atoms with E-state index in [0.29, 0.717) is 24.7 Å². The summed E-state index contributed by atoms with van der Waals surface area (Å²) in [4.78, 5) is 0. The highest BCUT2D eigenvalue weighted by Gasteiger charge is 2.33. The Kier molecular flexibility index (Phi) is 5.99. The Hall–Kier alpha value is -2.15. The molecule has 0 unspecified atom stereocenters. The zero-order valence-electron chi connectivity index (χ0n) is 17.5. The van der Waals surface area contributed by atoms with E-state index in [-0.39, 0.29) is 27.1 Å². The fourth-order valence-corrected chi connectivity index (χ4v) is 6.89. The van der Waals surface area contributed by atoms with Gasteiger partial charge in [0.15, 0.2) is 21.6 Å². The number of rotatable bonds is 7. The van der Waals surface area contributed by atoms with Gasteiger partial charge in [0, 0.05) is 24.0 Å². The molecule has 0 saturated carbocycles. The van der Waals surface area contributed by atoms with Gasteiger partial charge in [0.1, 0.15) is 0 Å². The number of anilines is 3. The van der Waals surface area contributed by atoms with Crippen LogP contribution in [0.2, 0.25) is 0 Å². The third-order valence-electron chi connectivity index (χ3n) is 5.14. The molecule has 3 N–H and O–H groups in total. The third kappa shape index (κ3) is 4.43. The van der Waals surface area contributed by atoms with Gasteiger partial charge in [0.25, 0.3) is 10.0 Å². The largest absolute Gasteiger partial charge is 0.504 e. The molecule has 3 aromatic rings. The summed E-state index contributed by atoms with van der Waals surface area (Å²) in [7, 11) is -3.70. The van der Waals surface area contributed by atoms with Crippen molar-refractivity contribution < 1.29 is 17.9 Å². The molecule has 12 heteroatoms. The van der Waals surface area contributed by atoms with E-state index in [9.17, 15) is 13.5 Å². The standard InChI is InChI=1S/C19H25N5O4S3/c1-19(2,3)15(12-6-9-28-10-12)21-17-16(22-30-23-17)20-13-11-29-18(14(13)25)31(26,27)24-7-4-5-8-24/h6,9-11,15,25H,4-5,7-8H2,1-3H3,(H,20,22)(H,21,23)/t15-/m0/s1. The van der Waals surface area contributed by atoms with E-state index in [0.717, 1.165) is 41.5 Å². The number of furan rings is 1. The predicted octanol–water partition coefficient (Wildman–Crippen LogP) is 4.63. The maximum Gasteiger partial charge on any atom is 0.256 e. The summed E-state index contributed by atoms with van der Waals surface area (Å²) in [5.74, 6) is 0.639. The molecule has 4 heterocycles. The first kappa shape index (κ1) is 22.1. The maximum atomic E-state index is 12.8. The molecule has 0 spiro atoms. The van der Waals surface area contributed by atoms with Gasteiger partial charge in [0.2, 0.25) is 0 Å². The van der Waals surface area contributed by atoms with Gasteiger partial charge in [-0.05, 0) is 24.3 Å². The van der Waals surface area contributed by atoms with Crippen molar-refractivity contribution in [1.82, 2.24) is 13.1 Å². The lowest BCUT2D eigenvalue weighted by Gasteiger charge is -2.31. The Labute approximate surface area is 189 Å². The average Bonchev–Trinajstić information content (AvgIpc) is 3.49. The first-order valence-corrected chi connectivity index (χ1v) is 12.9. The summed E-state index contributed by atoms with van der Waals surface area (Å²) in [5.41, 5.74) is 1.12. The highest BCUT2D eigenvalue weighted by atomic mass is 32.2. The number of hydrogen-bond donors (Lipinski definition) is 3. The number of nitrogens with zero attached hydrogens (tertiary/aromatic N) is 3. The van der Waals surface area contributed by atoms with Crippen LogP contribution in [0, 0.1) is 5.41 Å². The van der Waals surface area contributed by atoms with E-state index >= 15 is 0 Å². The molecule has 1 fully saturated rings. The second kappa shape index (κ2) is 8.41. The molecule has 0 aliphatic carbocycles. The van der Waals surface area contributed by atoms with Gasteiger partial charge in [-0.25, -0.2) is 8.42 Å². The summed E-state index contributed by atoms with van der Waals surface area (Å²) < 4.78 is 40.9. The number of thiophene rings is 1. The monoisotopic (exact) mass is 483 g/mol. The van der Waals surface area contributed by atoms with Gasteiger partial charge in [-0.3, -0.25) is 0 Å². The van der Waals surface area contributed by atoms with Crippen LogP contribution in [-0.2, 0) is 10.0 Å². The highest BCUT2D eigenvalue weighted by Crippen LogP contribution is 2.43. The third-order valence-corrected chi connectivity index (χ3v) is 9.05. The minimum atomic E-state index is -3.70. The molecule has 1 atom stereocenters. The molecule has 0 radical (unpaired) electrons. The van der Waals surface area contributed by atoms with Crippen molar-refractivity contribution in [3.8, 4) is 5.75 Å². The van der Waals surface area contributed by atoms with Crippen molar-refractivity contribution in [3.05, 3.63) is 29.5 Å². The number of sulfonamides is 1. The van der Waals surface area contributed by atoms with Gasteiger partial charge < -0.3 is 20.2 Å². The molecule has 1 aliphatic rings. The molecule has 9 nitrogen and oxygen atoms in total. The number of nitrogens with one attached hydrogen (secondary N) is 2. The van der Waals surface area contributed by atoms with Crippen molar-refractivity contribution >= 4 is 50.4 Å². The second-order valence-electron chi connectivity index (χ2n) is 8.48. The van der Waals surface area contributed by atoms with Gasteiger partial charge in [-0.2, -0.15) is 13.1 Å². The lowest BCUT2D eigenvalue weighted by atomic mass is 9.83. The van der Waals surface area contributed by atoms with E-state index in [1.165, 1.54) is 4.31 Å². The minimum absolute atomic E-state index is 0.0550. The summed E-state index contributed by atoms with van der Waals surface area (Å²) in [6, 6.07) is 1.80. The Morgan fingerprint density at radius 1 is 1.23 bits per heavy atom. The van der Waals surface area contributed by atoms with Crippen LogP contribution in [0.25, 0.3) is 0 Å². The smallest absolute Gasteiger partial charge is 0.256 e. The van der Waals surface area contributed by atoms with Crippen LogP contribution in [0.4, 0.5) is 17.3 Å². The van der Waals surface area contributed by atoms with Gasteiger partial charge in [-0.15, -0.1) is 11.3 Å². The first-order valence-electron chi connectivity index (χ1n) is 9.87. The number of aromatic hydroxyl groups is 1. The van der Waals surface area contributed by atoms with E-state index in [1.807, 2.05) is 6.07 Å². The first-order chi connectivity index (χ1) is 14.7. The molecule has 31 heavy (non-hydrogen) atoms. The van der Waals surface area contributed by atoms with E-state index in [4.69, 9.17) is 4.42 Å². The van der Waals surface area contributed by atoms with Gasteiger partial charge in [0.05, 0.1) is 36.0 Å². The Bertz CT molecular complexity index is 1130. The molecule has 0 bridgehead atoms. The Morgan fingerprint density at radius 2 is 1.94 bits per heavy atom. The average molecular weight is 484 g/mol. The van der Waals surface area contributed by atoms with Crippen molar-refractivity contribution in [2.24, 2.45) is 5.41 Å². The van der Waals surface area contributed by atoms with Crippen LogP contribution in [0.3, 0.4) is 0 Å². The van der Waals surface area contributed by atoms with Gasteiger partial charge in [-0.1, -0.05) is 20.8 Å². The van der Waals surface area contributed by atoms with E-state index < -0.39 is 10.0 Å². The lowest BCUT2D eigenvalue weighted by Crippen LogP contribution is -2.27. The lowest BCUT2D eigenvalue weighted by molar-refractivity contribution is 0.345. The molecule has 3 aromatic heterocycles.